The molecule has 2 rings (SSSR count). The molecule has 12 heavy (non-hydrogen) atoms. The fraction of sp³-hybridized carbons (Fsp3) is 1.00. The van der Waals surface area contributed by atoms with Gasteiger partial charge in [-0.05, 0) is 25.8 Å². The van der Waals surface area contributed by atoms with E-state index >= 15 is 0 Å². The van der Waals surface area contributed by atoms with Crippen LogP contribution in [-0.2, 0) is 9.47 Å². The summed E-state index contributed by atoms with van der Waals surface area (Å²) in [6.07, 6.45) is 5.14. The van der Waals surface area contributed by atoms with Crippen molar-refractivity contribution in [1.29, 1.82) is 0 Å². The first-order valence-corrected chi connectivity index (χ1v) is 4.93. The van der Waals surface area contributed by atoms with Crippen molar-refractivity contribution in [2.24, 2.45) is 0 Å². The van der Waals surface area contributed by atoms with Crippen molar-refractivity contribution in [3.8, 4) is 0 Å². The first kappa shape index (κ1) is 8.48. The summed E-state index contributed by atoms with van der Waals surface area (Å²) in [4.78, 5) is 0. The lowest BCUT2D eigenvalue weighted by Gasteiger charge is -2.25. The van der Waals surface area contributed by atoms with Crippen molar-refractivity contribution in [3.05, 3.63) is 0 Å². The Morgan fingerprint density at radius 1 is 1.25 bits per heavy atom. The quantitative estimate of drug-likeness (QED) is 0.669. The summed E-state index contributed by atoms with van der Waals surface area (Å²) in [6, 6.07) is 0. The van der Waals surface area contributed by atoms with Crippen LogP contribution in [-0.4, -0.2) is 32.1 Å². The van der Waals surface area contributed by atoms with Crippen LogP contribution in [0.4, 0.5) is 0 Å². The van der Waals surface area contributed by atoms with Crippen molar-refractivity contribution in [2.45, 2.75) is 38.1 Å². The predicted molar refractivity (Wildman–Crippen MR) is 46.0 cm³/mol. The Labute approximate surface area is 73.4 Å². The fourth-order valence-electron chi connectivity index (χ4n) is 1.81. The van der Waals surface area contributed by atoms with E-state index in [1.807, 2.05) is 0 Å². The van der Waals surface area contributed by atoms with Crippen LogP contribution < -0.4 is 5.32 Å². The van der Waals surface area contributed by atoms with Crippen LogP contribution in [0.15, 0.2) is 0 Å². The Kier molecular flexibility index (Phi) is 2.98. The summed E-state index contributed by atoms with van der Waals surface area (Å²) >= 11 is 0. The SMILES string of the molecule is C1CNCC(OC2CCCO2)C1. The van der Waals surface area contributed by atoms with E-state index in [4.69, 9.17) is 9.47 Å². The van der Waals surface area contributed by atoms with Gasteiger partial charge in [0.15, 0.2) is 6.29 Å². The van der Waals surface area contributed by atoms with Crippen LogP contribution in [0.1, 0.15) is 25.7 Å². The van der Waals surface area contributed by atoms with Crippen LogP contribution in [0.25, 0.3) is 0 Å². The highest BCUT2D eigenvalue weighted by Gasteiger charge is 2.21. The Morgan fingerprint density at radius 2 is 2.25 bits per heavy atom. The van der Waals surface area contributed by atoms with Gasteiger partial charge < -0.3 is 14.8 Å². The van der Waals surface area contributed by atoms with Gasteiger partial charge in [0, 0.05) is 19.6 Å². The van der Waals surface area contributed by atoms with Crippen LogP contribution in [0.2, 0.25) is 0 Å². The monoisotopic (exact) mass is 171 g/mol. The van der Waals surface area contributed by atoms with E-state index in [-0.39, 0.29) is 6.29 Å². The molecule has 2 saturated heterocycles. The van der Waals surface area contributed by atoms with Crippen molar-refractivity contribution in [1.82, 2.24) is 5.32 Å². The maximum atomic E-state index is 5.77. The maximum Gasteiger partial charge on any atom is 0.158 e. The second-order valence-electron chi connectivity index (χ2n) is 3.55. The van der Waals surface area contributed by atoms with E-state index in [0.717, 1.165) is 32.5 Å². The molecule has 0 aromatic heterocycles. The molecule has 2 unspecified atom stereocenters. The summed E-state index contributed by atoms with van der Waals surface area (Å²) in [5.41, 5.74) is 0. The van der Waals surface area contributed by atoms with E-state index in [1.54, 1.807) is 0 Å². The number of hydrogen-bond donors (Lipinski definition) is 1. The number of piperidine rings is 1. The molecule has 2 aliphatic rings. The molecule has 2 aliphatic heterocycles. The topological polar surface area (TPSA) is 30.5 Å². The van der Waals surface area contributed by atoms with Crippen LogP contribution in [0.5, 0.6) is 0 Å². The predicted octanol–water partition coefficient (Wildman–Crippen LogP) is 0.891. The van der Waals surface area contributed by atoms with Crippen LogP contribution in [0.3, 0.4) is 0 Å². The lowest BCUT2D eigenvalue weighted by atomic mass is 10.1. The fourth-order valence-corrected chi connectivity index (χ4v) is 1.81. The zero-order valence-corrected chi connectivity index (χ0v) is 7.42. The second kappa shape index (κ2) is 4.21. The average Bonchev–Trinajstić information content (AvgIpc) is 2.59. The molecule has 3 heteroatoms. The molecule has 0 aromatic carbocycles. The number of nitrogens with one attached hydrogen (secondary N) is 1. The molecule has 0 bridgehead atoms. The normalized spacial score (nSPS) is 37.0. The third-order valence-corrected chi connectivity index (χ3v) is 2.48. The lowest BCUT2D eigenvalue weighted by molar-refractivity contribution is -0.147. The molecule has 0 amide bonds. The molecule has 0 spiro atoms. The summed E-state index contributed by atoms with van der Waals surface area (Å²) < 4.78 is 11.2. The molecule has 0 saturated carbocycles. The molecule has 70 valence electrons. The van der Waals surface area contributed by atoms with Crippen LogP contribution in [0, 0.1) is 0 Å². The second-order valence-corrected chi connectivity index (χ2v) is 3.55. The minimum atomic E-state index is 0.0925. The zero-order valence-electron chi connectivity index (χ0n) is 7.42. The van der Waals surface area contributed by atoms with Gasteiger partial charge in [-0.3, -0.25) is 0 Å². The highest BCUT2D eigenvalue weighted by atomic mass is 16.7. The Bertz CT molecular complexity index is 128. The first-order valence-electron chi connectivity index (χ1n) is 4.93. The number of rotatable bonds is 2. The number of ether oxygens (including phenoxy) is 2. The van der Waals surface area contributed by atoms with E-state index in [9.17, 15) is 0 Å². The van der Waals surface area contributed by atoms with E-state index in [0.29, 0.717) is 6.10 Å². The standard InChI is InChI=1S/C9H17NO2/c1-3-8(7-10-5-1)12-9-4-2-6-11-9/h8-10H,1-7H2. The van der Waals surface area contributed by atoms with Crippen molar-refractivity contribution in [3.63, 3.8) is 0 Å². The van der Waals surface area contributed by atoms with Gasteiger partial charge in [0.05, 0.1) is 6.10 Å². The molecule has 2 fully saturated rings. The molecule has 2 atom stereocenters. The third-order valence-electron chi connectivity index (χ3n) is 2.48. The zero-order chi connectivity index (χ0) is 8.23. The summed E-state index contributed by atoms with van der Waals surface area (Å²) in [7, 11) is 0. The highest BCUT2D eigenvalue weighted by Crippen LogP contribution is 2.17. The van der Waals surface area contributed by atoms with Gasteiger partial charge in [-0.25, -0.2) is 0 Å². The van der Waals surface area contributed by atoms with E-state index in [2.05, 4.69) is 5.32 Å². The Morgan fingerprint density at radius 3 is 2.92 bits per heavy atom. The third kappa shape index (κ3) is 2.19. The Balaban J connectivity index is 1.69. The van der Waals surface area contributed by atoms with Gasteiger partial charge in [-0.15, -0.1) is 0 Å². The minimum absolute atomic E-state index is 0.0925. The average molecular weight is 171 g/mol. The molecule has 0 aliphatic carbocycles. The Hall–Kier alpha value is -0.120. The summed E-state index contributed by atoms with van der Waals surface area (Å²) in [6.45, 7) is 3.02. The van der Waals surface area contributed by atoms with Gasteiger partial charge in [0.2, 0.25) is 0 Å². The molecule has 3 nitrogen and oxygen atoms in total. The largest absolute Gasteiger partial charge is 0.353 e. The summed E-state index contributed by atoms with van der Waals surface area (Å²) in [5, 5.41) is 3.33. The van der Waals surface area contributed by atoms with Gasteiger partial charge in [-0.2, -0.15) is 0 Å². The highest BCUT2D eigenvalue weighted by molar-refractivity contribution is 4.70. The van der Waals surface area contributed by atoms with Crippen molar-refractivity contribution >= 4 is 0 Å². The number of hydrogen-bond acceptors (Lipinski definition) is 3. The van der Waals surface area contributed by atoms with Gasteiger partial charge in [-0.1, -0.05) is 0 Å². The van der Waals surface area contributed by atoms with E-state index in [1.165, 1.54) is 12.8 Å². The molecule has 2 heterocycles. The summed E-state index contributed by atoms with van der Waals surface area (Å²) in [5.74, 6) is 0. The molecular weight excluding hydrogens is 154 g/mol. The lowest BCUT2D eigenvalue weighted by Crippen LogP contribution is -2.37. The van der Waals surface area contributed by atoms with Gasteiger partial charge in [0.1, 0.15) is 0 Å². The van der Waals surface area contributed by atoms with Gasteiger partial charge >= 0.3 is 0 Å². The van der Waals surface area contributed by atoms with E-state index < -0.39 is 0 Å². The molecule has 1 N–H and O–H groups in total. The maximum absolute atomic E-state index is 5.77. The smallest absolute Gasteiger partial charge is 0.158 e. The molecule has 0 aromatic rings. The molecule has 0 radical (unpaired) electrons. The molecular formula is C9H17NO2. The minimum Gasteiger partial charge on any atom is -0.353 e. The first-order chi connectivity index (χ1) is 5.95. The van der Waals surface area contributed by atoms with Crippen molar-refractivity contribution < 1.29 is 9.47 Å². The van der Waals surface area contributed by atoms with Crippen LogP contribution >= 0.6 is 0 Å². The van der Waals surface area contributed by atoms with Gasteiger partial charge in [0.25, 0.3) is 0 Å². The van der Waals surface area contributed by atoms with Crippen molar-refractivity contribution in [2.75, 3.05) is 19.7 Å².